The van der Waals surface area contributed by atoms with Crippen LogP contribution in [0.1, 0.15) is 18.9 Å². The second kappa shape index (κ2) is 6.46. The zero-order valence-electron chi connectivity index (χ0n) is 12.2. The Morgan fingerprint density at radius 2 is 2.00 bits per heavy atom. The van der Waals surface area contributed by atoms with Gasteiger partial charge in [0.2, 0.25) is 0 Å². The summed E-state index contributed by atoms with van der Waals surface area (Å²) >= 11 is 0. The fourth-order valence-corrected chi connectivity index (χ4v) is 2.41. The van der Waals surface area contributed by atoms with Gasteiger partial charge in [-0.05, 0) is 48.4 Å². The standard InChI is InChI=1S/C18H19N3/c1-2-7-19-11-14-9-17(13-20-12-14)15-5-6-18-16(10-15)4-3-8-21-18/h3-6,8-10,12-13,19H,2,7,11H2,1H3. The molecule has 0 aliphatic carbocycles. The molecule has 1 aromatic carbocycles. The summed E-state index contributed by atoms with van der Waals surface area (Å²) in [5.74, 6) is 0. The molecule has 0 atom stereocenters. The maximum Gasteiger partial charge on any atom is 0.0702 e. The van der Waals surface area contributed by atoms with Gasteiger partial charge in [-0.1, -0.05) is 19.1 Å². The zero-order chi connectivity index (χ0) is 14.5. The molecule has 0 fully saturated rings. The van der Waals surface area contributed by atoms with E-state index < -0.39 is 0 Å². The third-order valence-electron chi connectivity index (χ3n) is 3.49. The van der Waals surface area contributed by atoms with Crippen LogP contribution >= 0.6 is 0 Å². The lowest BCUT2D eigenvalue weighted by atomic mass is 10.0. The lowest BCUT2D eigenvalue weighted by molar-refractivity contribution is 0.674. The van der Waals surface area contributed by atoms with Crippen molar-refractivity contribution in [3.63, 3.8) is 0 Å². The van der Waals surface area contributed by atoms with Crippen LogP contribution in [-0.4, -0.2) is 16.5 Å². The molecule has 0 aliphatic heterocycles. The topological polar surface area (TPSA) is 37.8 Å². The van der Waals surface area contributed by atoms with Gasteiger partial charge in [-0.2, -0.15) is 0 Å². The maximum atomic E-state index is 4.36. The Balaban J connectivity index is 1.89. The first-order chi connectivity index (χ1) is 10.4. The highest BCUT2D eigenvalue weighted by Gasteiger charge is 2.02. The molecule has 3 heteroatoms. The van der Waals surface area contributed by atoms with E-state index in [4.69, 9.17) is 0 Å². The van der Waals surface area contributed by atoms with Gasteiger partial charge in [-0.15, -0.1) is 0 Å². The van der Waals surface area contributed by atoms with Crippen molar-refractivity contribution in [1.82, 2.24) is 15.3 Å². The molecule has 0 aliphatic rings. The average molecular weight is 277 g/mol. The fraction of sp³-hybridized carbons (Fsp3) is 0.222. The van der Waals surface area contributed by atoms with Crippen molar-refractivity contribution in [3.05, 3.63) is 60.6 Å². The van der Waals surface area contributed by atoms with Gasteiger partial charge in [0, 0.05) is 36.1 Å². The van der Waals surface area contributed by atoms with Crippen LogP contribution in [-0.2, 0) is 6.54 Å². The van der Waals surface area contributed by atoms with E-state index in [1.807, 2.05) is 24.7 Å². The van der Waals surface area contributed by atoms with E-state index in [1.165, 1.54) is 11.1 Å². The van der Waals surface area contributed by atoms with Crippen molar-refractivity contribution >= 4 is 10.9 Å². The molecular formula is C18H19N3. The summed E-state index contributed by atoms with van der Waals surface area (Å²) in [6.07, 6.45) is 6.81. The van der Waals surface area contributed by atoms with Crippen LogP contribution in [0.15, 0.2) is 55.0 Å². The number of benzene rings is 1. The van der Waals surface area contributed by atoms with Gasteiger partial charge < -0.3 is 5.32 Å². The Hall–Kier alpha value is -2.26. The smallest absolute Gasteiger partial charge is 0.0702 e. The van der Waals surface area contributed by atoms with Crippen molar-refractivity contribution in [2.75, 3.05) is 6.54 Å². The van der Waals surface area contributed by atoms with Crippen LogP contribution in [0, 0.1) is 0 Å². The second-order valence-corrected chi connectivity index (χ2v) is 5.17. The van der Waals surface area contributed by atoms with Gasteiger partial charge in [0.15, 0.2) is 0 Å². The molecule has 0 saturated heterocycles. The maximum absolute atomic E-state index is 4.36. The van der Waals surface area contributed by atoms with Gasteiger partial charge in [-0.3, -0.25) is 9.97 Å². The molecule has 0 spiro atoms. The number of pyridine rings is 2. The minimum Gasteiger partial charge on any atom is -0.313 e. The summed E-state index contributed by atoms with van der Waals surface area (Å²) in [4.78, 5) is 8.72. The van der Waals surface area contributed by atoms with E-state index >= 15 is 0 Å². The summed E-state index contributed by atoms with van der Waals surface area (Å²) in [5.41, 5.74) is 4.57. The monoisotopic (exact) mass is 277 g/mol. The van der Waals surface area contributed by atoms with Crippen molar-refractivity contribution in [3.8, 4) is 11.1 Å². The predicted molar refractivity (Wildman–Crippen MR) is 87.0 cm³/mol. The molecule has 0 unspecified atom stereocenters. The van der Waals surface area contributed by atoms with E-state index in [-0.39, 0.29) is 0 Å². The highest BCUT2D eigenvalue weighted by Crippen LogP contribution is 2.23. The highest BCUT2D eigenvalue weighted by molar-refractivity contribution is 5.84. The summed E-state index contributed by atoms with van der Waals surface area (Å²) in [6.45, 7) is 4.07. The normalized spacial score (nSPS) is 10.9. The Kier molecular flexibility index (Phi) is 4.22. The molecule has 3 rings (SSSR count). The zero-order valence-corrected chi connectivity index (χ0v) is 12.2. The van der Waals surface area contributed by atoms with Gasteiger partial charge in [0.1, 0.15) is 0 Å². The third-order valence-corrected chi connectivity index (χ3v) is 3.49. The first-order valence-electron chi connectivity index (χ1n) is 7.36. The summed E-state index contributed by atoms with van der Waals surface area (Å²) in [6, 6.07) is 12.6. The van der Waals surface area contributed by atoms with E-state index in [0.29, 0.717) is 0 Å². The number of rotatable bonds is 5. The van der Waals surface area contributed by atoms with E-state index in [0.717, 1.165) is 36.0 Å². The molecule has 0 bridgehead atoms. The number of hydrogen-bond donors (Lipinski definition) is 1. The van der Waals surface area contributed by atoms with Crippen LogP contribution < -0.4 is 5.32 Å². The van der Waals surface area contributed by atoms with Crippen LogP contribution in [0.4, 0.5) is 0 Å². The van der Waals surface area contributed by atoms with Gasteiger partial charge in [0.05, 0.1) is 5.52 Å². The molecule has 0 radical (unpaired) electrons. The van der Waals surface area contributed by atoms with Crippen LogP contribution in [0.2, 0.25) is 0 Å². The number of nitrogens with zero attached hydrogens (tertiary/aromatic N) is 2. The summed E-state index contributed by atoms with van der Waals surface area (Å²) in [5, 5.41) is 4.57. The Morgan fingerprint density at radius 1 is 1.05 bits per heavy atom. The summed E-state index contributed by atoms with van der Waals surface area (Å²) < 4.78 is 0. The molecular weight excluding hydrogens is 258 g/mol. The molecule has 0 saturated carbocycles. The van der Waals surface area contributed by atoms with Gasteiger partial charge in [0.25, 0.3) is 0 Å². The number of nitrogens with one attached hydrogen (secondary N) is 1. The van der Waals surface area contributed by atoms with Gasteiger partial charge in [-0.25, -0.2) is 0 Å². The molecule has 3 aromatic rings. The van der Waals surface area contributed by atoms with Crippen LogP contribution in [0.5, 0.6) is 0 Å². The predicted octanol–water partition coefficient (Wildman–Crippen LogP) is 3.80. The van der Waals surface area contributed by atoms with E-state index in [2.05, 4.69) is 52.5 Å². The first kappa shape index (κ1) is 13.7. The number of hydrogen-bond acceptors (Lipinski definition) is 3. The quantitative estimate of drug-likeness (QED) is 0.721. The molecule has 1 N–H and O–H groups in total. The van der Waals surface area contributed by atoms with E-state index in [1.54, 1.807) is 0 Å². The van der Waals surface area contributed by atoms with Crippen LogP contribution in [0.3, 0.4) is 0 Å². The molecule has 0 amide bonds. The number of fused-ring (bicyclic) bond motifs is 1. The van der Waals surface area contributed by atoms with Crippen molar-refractivity contribution in [2.45, 2.75) is 19.9 Å². The minimum absolute atomic E-state index is 0.865. The van der Waals surface area contributed by atoms with Crippen molar-refractivity contribution in [2.24, 2.45) is 0 Å². The van der Waals surface area contributed by atoms with E-state index in [9.17, 15) is 0 Å². The fourth-order valence-electron chi connectivity index (χ4n) is 2.41. The van der Waals surface area contributed by atoms with Crippen molar-refractivity contribution < 1.29 is 0 Å². The Morgan fingerprint density at radius 3 is 2.90 bits per heavy atom. The van der Waals surface area contributed by atoms with Crippen LogP contribution in [0.25, 0.3) is 22.0 Å². The molecule has 21 heavy (non-hydrogen) atoms. The Bertz CT molecular complexity index is 737. The average Bonchev–Trinajstić information content (AvgIpc) is 2.55. The molecule has 2 aromatic heterocycles. The lowest BCUT2D eigenvalue weighted by Gasteiger charge is -2.07. The largest absolute Gasteiger partial charge is 0.313 e. The molecule has 2 heterocycles. The Labute approximate surface area is 125 Å². The SMILES string of the molecule is CCCNCc1cncc(-c2ccc3ncccc3c2)c1. The summed E-state index contributed by atoms with van der Waals surface area (Å²) in [7, 11) is 0. The lowest BCUT2D eigenvalue weighted by Crippen LogP contribution is -2.13. The highest BCUT2D eigenvalue weighted by atomic mass is 14.8. The molecule has 3 nitrogen and oxygen atoms in total. The van der Waals surface area contributed by atoms with Crippen molar-refractivity contribution in [1.29, 1.82) is 0 Å². The number of aromatic nitrogens is 2. The van der Waals surface area contributed by atoms with Gasteiger partial charge >= 0.3 is 0 Å². The first-order valence-corrected chi connectivity index (χ1v) is 7.36. The molecule has 106 valence electrons. The minimum atomic E-state index is 0.865. The third kappa shape index (κ3) is 3.26. The second-order valence-electron chi connectivity index (χ2n) is 5.17.